The van der Waals surface area contributed by atoms with E-state index in [1.165, 1.54) is 5.56 Å². The summed E-state index contributed by atoms with van der Waals surface area (Å²) in [6.45, 7) is 4.78. The van der Waals surface area contributed by atoms with Crippen LogP contribution in [-0.2, 0) is 13.1 Å². The van der Waals surface area contributed by atoms with Gasteiger partial charge in [0.05, 0.1) is 7.11 Å². The van der Waals surface area contributed by atoms with Gasteiger partial charge in [0.25, 0.3) is 0 Å². The van der Waals surface area contributed by atoms with E-state index in [0.717, 1.165) is 35.9 Å². The van der Waals surface area contributed by atoms with Crippen molar-refractivity contribution in [1.82, 2.24) is 4.90 Å². The maximum absolute atomic E-state index is 9.46. The fourth-order valence-electron chi connectivity index (χ4n) is 3.05. The summed E-state index contributed by atoms with van der Waals surface area (Å²) in [4.78, 5) is 2.32. The van der Waals surface area contributed by atoms with Crippen molar-refractivity contribution in [1.29, 1.82) is 0 Å². The number of rotatable bonds is 8. The molecule has 2 aromatic rings. The van der Waals surface area contributed by atoms with Gasteiger partial charge in [0, 0.05) is 37.9 Å². The number of hydrogen-bond donors (Lipinski definition) is 1. The van der Waals surface area contributed by atoms with Gasteiger partial charge in [-0.25, -0.2) is 0 Å². The Morgan fingerprint density at radius 3 is 2.52 bits per heavy atom. The van der Waals surface area contributed by atoms with Crippen LogP contribution in [0, 0.1) is 5.92 Å². The first-order valence-electron chi connectivity index (χ1n) is 8.53. The monoisotopic (exact) mass is 343 g/mol. The van der Waals surface area contributed by atoms with E-state index in [4.69, 9.17) is 14.2 Å². The van der Waals surface area contributed by atoms with Crippen LogP contribution in [0.1, 0.15) is 18.1 Å². The molecule has 0 fully saturated rings. The van der Waals surface area contributed by atoms with Crippen molar-refractivity contribution in [3.8, 4) is 17.2 Å². The van der Waals surface area contributed by atoms with E-state index in [0.29, 0.717) is 6.54 Å². The molecule has 1 aliphatic rings. The lowest BCUT2D eigenvalue weighted by atomic mass is 10.1. The van der Waals surface area contributed by atoms with Gasteiger partial charge in [-0.1, -0.05) is 37.3 Å². The van der Waals surface area contributed by atoms with Gasteiger partial charge in [-0.2, -0.15) is 0 Å². The lowest BCUT2D eigenvalue weighted by Crippen LogP contribution is -2.29. The Hall–Kier alpha value is -2.24. The van der Waals surface area contributed by atoms with Crippen LogP contribution in [0.3, 0.4) is 0 Å². The summed E-state index contributed by atoms with van der Waals surface area (Å²) in [5.41, 5.74) is 2.29. The minimum absolute atomic E-state index is 0.170. The van der Waals surface area contributed by atoms with Crippen molar-refractivity contribution in [2.75, 3.05) is 27.1 Å². The molecule has 2 aromatic carbocycles. The molecule has 0 saturated carbocycles. The molecule has 1 heterocycles. The van der Waals surface area contributed by atoms with Gasteiger partial charge in [-0.3, -0.25) is 4.90 Å². The van der Waals surface area contributed by atoms with Crippen LogP contribution < -0.4 is 14.2 Å². The van der Waals surface area contributed by atoms with Crippen LogP contribution >= 0.6 is 0 Å². The maximum atomic E-state index is 9.46. The van der Waals surface area contributed by atoms with Crippen LogP contribution in [0.15, 0.2) is 42.5 Å². The third kappa shape index (κ3) is 4.44. The lowest BCUT2D eigenvalue weighted by Gasteiger charge is -2.26. The first kappa shape index (κ1) is 17.6. The van der Waals surface area contributed by atoms with Crippen molar-refractivity contribution < 1.29 is 19.3 Å². The minimum atomic E-state index is 0.170. The zero-order valence-corrected chi connectivity index (χ0v) is 14.8. The maximum Gasteiger partial charge on any atom is 0.231 e. The Balaban J connectivity index is 1.81. The summed E-state index contributed by atoms with van der Waals surface area (Å²) in [5, 5.41) is 9.46. The molecule has 0 bridgehead atoms. The van der Waals surface area contributed by atoms with Crippen LogP contribution in [0.5, 0.6) is 17.2 Å². The third-order valence-electron chi connectivity index (χ3n) is 4.30. The summed E-state index contributed by atoms with van der Waals surface area (Å²) in [6.07, 6.45) is 0. The highest BCUT2D eigenvalue weighted by molar-refractivity contribution is 5.51. The van der Waals surface area contributed by atoms with E-state index in [-0.39, 0.29) is 19.3 Å². The number of aliphatic hydroxyl groups excluding tert-OH is 1. The molecule has 134 valence electrons. The average molecular weight is 343 g/mol. The normalized spacial score (nSPS) is 13.9. The first-order chi connectivity index (χ1) is 12.2. The molecule has 0 saturated heterocycles. The molecular formula is C20H25NO4. The largest absolute Gasteiger partial charge is 0.496 e. The molecule has 1 aliphatic heterocycles. The molecule has 0 amide bonds. The highest BCUT2D eigenvalue weighted by Gasteiger charge is 2.20. The van der Waals surface area contributed by atoms with Gasteiger partial charge >= 0.3 is 0 Å². The van der Waals surface area contributed by atoms with Gasteiger partial charge in [0.1, 0.15) is 5.75 Å². The summed E-state index contributed by atoms with van der Waals surface area (Å²) < 4.78 is 16.5. The molecule has 0 aromatic heterocycles. The zero-order valence-electron chi connectivity index (χ0n) is 14.8. The SMILES string of the molecule is COc1cc2c(cc1CN(Cc1ccccc1)CC(C)CO)OCO2. The van der Waals surface area contributed by atoms with E-state index in [9.17, 15) is 5.11 Å². The number of methoxy groups -OCH3 is 1. The Bertz CT molecular complexity index is 690. The first-order valence-corrected chi connectivity index (χ1v) is 8.53. The van der Waals surface area contributed by atoms with Gasteiger partial charge in [0.15, 0.2) is 11.5 Å². The molecule has 5 heteroatoms. The molecule has 0 spiro atoms. The predicted molar refractivity (Wildman–Crippen MR) is 95.9 cm³/mol. The number of ether oxygens (including phenoxy) is 3. The Morgan fingerprint density at radius 1 is 1.12 bits per heavy atom. The Labute approximate surface area is 148 Å². The van der Waals surface area contributed by atoms with Gasteiger partial charge in [-0.15, -0.1) is 0 Å². The molecule has 25 heavy (non-hydrogen) atoms. The fraction of sp³-hybridized carbons (Fsp3) is 0.400. The van der Waals surface area contributed by atoms with Crippen molar-refractivity contribution in [2.45, 2.75) is 20.0 Å². The van der Waals surface area contributed by atoms with Gasteiger partial charge in [0.2, 0.25) is 6.79 Å². The van der Waals surface area contributed by atoms with Crippen molar-refractivity contribution in [3.05, 3.63) is 53.6 Å². The van der Waals surface area contributed by atoms with E-state index in [1.54, 1.807) is 7.11 Å². The Morgan fingerprint density at radius 2 is 1.84 bits per heavy atom. The topological polar surface area (TPSA) is 51.2 Å². The predicted octanol–water partition coefficient (Wildman–Crippen LogP) is 3.05. The number of hydrogen-bond acceptors (Lipinski definition) is 5. The molecular weight excluding hydrogens is 318 g/mol. The smallest absolute Gasteiger partial charge is 0.231 e. The molecule has 1 unspecified atom stereocenters. The van der Waals surface area contributed by atoms with Crippen LogP contribution in [0.25, 0.3) is 0 Å². The quantitative estimate of drug-likeness (QED) is 0.798. The third-order valence-corrected chi connectivity index (χ3v) is 4.30. The van der Waals surface area contributed by atoms with E-state index >= 15 is 0 Å². The molecule has 1 N–H and O–H groups in total. The second kappa shape index (κ2) is 8.23. The summed E-state index contributed by atoms with van der Waals surface area (Å²) in [7, 11) is 1.67. The highest BCUT2D eigenvalue weighted by Crippen LogP contribution is 2.38. The van der Waals surface area contributed by atoms with Crippen LogP contribution in [0.2, 0.25) is 0 Å². The van der Waals surface area contributed by atoms with Crippen molar-refractivity contribution in [2.24, 2.45) is 5.92 Å². The number of benzene rings is 2. The number of aliphatic hydroxyl groups is 1. The number of nitrogens with zero attached hydrogens (tertiary/aromatic N) is 1. The molecule has 3 rings (SSSR count). The number of fused-ring (bicyclic) bond motifs is 1. The van der Waals surface area contributed by atoms with Crippen molar-refractivity contribution >= 4 is 0 Å². The van der Waals surface area contributed by atoms with Crippen LogP contribution in [0.4, 0.5) is 0 Å². The molecule has 1 atom stereocenters. The summed E-state index contributed by atoms with van der Waals surface area (Å²) in [5.74, 6) is 2.47. The lowest BCUT2D eigenvalue weighted by molar-refractivity contribution is 0.162. The second-order valence-electron chi connectivity index (χ2n) is 6.46. The van der Waals surface area contributed by atoms with Crippen molar-refractivity contribution in [3.63, 3.8) is 0 Å². The van der Waals surface area contributed by atoms with E-state index in [1.807, 2.05) is 30.3 Å². The fourth-order valence-corrected chi connectivity index (χ4v) is 3.05. The van der Waals surface area contributed by atoms with E-state index < -0.39 is 0 Å². The summed E-state index contributed by atoms with van der Waals surface area (Å²) >= 11 is 0. The van der Waals surface area contributed by atoms with E-state index in [2.05, 4.69) is 24.0 Å². The zero-order chi connectivity index (χ0) is 17.6. The standard InChI is InChI=1S/C20H25NO4/c1-15(13-22)10-21(11-16-6-4-3-5-7-16)12-17-8-19-20(25-14-24-19)9-18(17)23-2/h3-9,15,22H,10-14H2,1-2H3. The van der Waals surface area contributed by atoms with Crippen LogP contribution in [-0.4, -0.2) is 37.1 Å². The highest BCUT2D eigenvalue weighted by atomic mass is 16.7. The molecule has 5 nitrogen and oxygen atoms in total. The average Bonchev–Trinajstić information content (AvgIpc) is 3.09. The molecule has 0 aliphatic carbocycles. The molecule has 0 radical (unpaired) electrons. The van der Waals surface area contributed by atoms with Gasteiger partial charge < -0.3 is 19.3 Å². The Kier molecular flexibility index (Phi) is 5.79. The second-order valence-corrected chi connectivity index (χ2v) is 6.46. The summed E-state index contributed by atoms with van der Waals surface area (Å²) in [6, 6.07) is 14.2. The minimum Gasteiger partial charge on any atom is -0.496 e. The van der Waals surface area contributed by atoms with Gasteiger partial charge in [-0.05, 0) is 17.5 Å².